The molecule has 5 nitrogen and oxygen atoms in total. The third kappa shape index (κ3) is 2.73. The Bertz CT molecular complexity index is 750. The van der Waals surface area contributed by atoms with Gasteiger partial charge in [0.25, 0.3) is 0 Å². The van der Waals surface area contributed by atoms with Crippen LogP contribution in [0.5, 0.6) is 0 Å². The van der Waals surface area contributed by atoms with Crippen LogP contribution in [0.4, 0.5) is 5.82 Å². The van der Waals surface area contributed by atoms with Crippen LogP contribution in [0.3, 0.4) is 0 Å². The molecule has 0 saturated heterocycles. The van der Waals surface area contributed by atoms with E-state index in [1.165, 1.54) is 0 Å². The molecule has 0 atom stereocenters. The van der Waals surface area contributed by atoms with Crippen LogP contribution in [-0.2, 0) is 0 Å². The van der Waals surface area contributed by atoms with E-state index in [1.807, 2.05) is 30.3 Å². The number of hydrogen-bond donors (Lipinski definition) is 1. The summed E-state index contributed by atoms with van der Waals surface area (Å²) >= 11 is 5.66. The topological polar surface area (TPSA) is 63.1 Å². The van der Waals surface area contributed by atoms with Crippen molar-refractivity contribution in [2.45, 2.75) is 0 Å². The highest BCUT2D eigenvalue weighted by Gasteiger charge is 1.98. The molecule has 1 N–H and O–H groups in total. The van der Waals surface area contributed by atoms with Gasteiger partial charge in [-0.05, 0) is 24.3 Å². The van der Waals surface area contributed by atoms with E-state index in [0.717, 1.165) is 16.5 Å². The first kappa shape index (κ1) is 12.5. The largest absolute Gasteiger partial charge is 0.260 e. The van der Waals surface area contributed by atoms with Crippen LogP contribution in [-0.4, -0.2) is 21.4 Å². The Morgan fingerprint density at radius 2 is 1.95 bits per heavy atom. The molecule has 0 aliphatic carbocycles. The van der Waals surface area contributed by atoms with E-state index in [-0.39, 0.29) is 0 Å². The standard InChI is InChI=1S/C14H10ClN5/c15-13-5-6-14(20-18-13)19-17-9-10-7-8-16-12-4-2-1-3-11(10)12/h1-9H,(H,19,20). The smallest absolute Gasteiger partial charge is 0.168 e. The fraction of sp³-hybridized carbons (Fsp3) is 0. The predicted molar refractivity (Wildman–Crippen MR) is 80.0 cm³/mol. The first-order chi connectivity index (χ1) is 9.83. The minimum atomic E-state index is 0.347. The maximum absolute atomic E-state index is 5.66. The third-order valence-electron chi connectivity index (χ3n) is 2.70. The van der Waals surface area contributed by atoms with Crippen LogP contribution in [0.25, 0.3) is 10.9 Å². The molecule has 0 spiro atoms. The summed E-state index contributed by atoms with van der Waals surface area (Å²) in [5, 5.41) is 13.1. The molecule has 0 radical (unpaired) electrons. The molecule has 3 rings (SSSR count). The zero-order valence-electron chi connectivity index (χ0n) is 10.4. The van der Waals surface area contributed by atoms with E-state index in [4.69, 9.17) is 11.6 Å². The Labute approximate surface area is 120 Å². The lowest BCUT2D eigenvalue weighted by Gasteiger charge is -2.01. The molecule has 6 heteroatoms. The fourth-order valence-corrected chi connectivity index (χ4v) is 1.87. The maximum Gasteiger partial charge on any atom is 0.168 e. The van der Waals surface area contributed by atoms with Crippen molar-refractivity contribution in [2.24, 2.45) is 5.10 Å². The van der Waals surface area contributed by atoms with E-state index in [1.54, 1.807) is 24.5 Å². The summed E-state index contributed by atoms with van der Waals surface area (Å²) in [6.45, 7) is 0. The molecular formula is C14H10ClN5. The van der Waals surface area contributed by atoms with E-state index < -0.39 is 0 Å². The summed E-state index contributed by atoms with van der Waals surface area (Å²) in [5.74, 6) is 0.531. The Balaban J connectivity index is 1.82. The second-order valence-electron chi connectivity index (χ2n) is 4.03. The summed E-state index contributed by atoms with van der Waals surface area (Å²) in [6.07, 6.45) is 3.48. The van der Waals surface area contributed by atoms with Gasteiger partial charge in [-0.15, -0.1) is 10.2 Å². The van der Waals surface area contributed by atoms with Gasteiger partial charge in [-0.3, -0.25) is 10.4 Å². The maximum atomic E-state index is 5.66. The second-order valence-corrected chi connectivity index (χ2v) is 4.42. The number of nitrogens with one attached hydrogen (secondary N) is 1. The molecule has 0 unspecified atom stereocenters. The number of para-hydroxylation sites is 1. The Hall–Kier alpha value is -2.53. The lowest BCUT2D eigenvalue weighted by Crippen LogP contribution is -1.95. The van der Waals surface area contributed by atoms with Crippen LogP contribution >= 0.6 is 11.6 Å². The first-order valence-electron chi connectivity index (χ1n) is 5.95. The molecule has 2 heterocycles. The van der Waals surface area contributed by atoms with E-state index in [2.05, 4.69) is 25.7 Å². The Kier molecular flexibility index (Phi) is 3.52. The van der Waals surface area contributed by atoms with Crippen LogP contribution in [0, 0.1) is 0 Å². The van der Waals surface area contributed by atoms with Gasteiger partial charge in [0.2, 0.25) is 0 Å². The van der Waals surface area contributed by atoms with Gasteiger partial charge in [-0.2, -0.15) is 5.10 Å². The van der Waals surface area contributed by atoms with Gasteiger partial charge in [0.15, 0.2) is 11.0 Å². The van der Waals surface area contributed by atoms with Crippen LogP contribution < -0.4 is 5.43 Å². The average molecular weight is 284 g/mol. The SMILES string of the molecule is Clc1ccc(NN=Cc2ccnc3ccccc23)nn1. The van der Waals surface area contributed by atoms with Crippen molar-refractivity contribution < 1.29 is 0 Å². The molecule has 0 aliphatic rings. The Morgan fingerprint density at radius 3 is 2.80 bits per heavy atom. The molecule has 0 bridgehead atoms. The van der Waals surface area contributed by atoms with Crippen molar-refractivity contribution in [1.29, 1.82) is 0 Å². The lowest BCUT2D eigenvalue weighted by atomic mass is 10.1. The molecule has 0 aliphatic heterocycles. The van der Waals surface area contributed by atoms with Crippen molar-refractivity contribution in [1.82, 2.24) is 15.2 Å². The summed E-state index contributed by atoms with van der Waals surface area (Å²) in [5.41, 5.74) is 4.71. The quantitative estimate of drug-likeness (QED) is 0.592. The highest BCUT2D eigenvalue weighted by atomic mass is 35.5. The third-order valence-corrected chi connectivity index (χ3v) is 2.90. The number of fused-ring (bicyclic) bond motifs is 1. The first-order valence-corrected chi connectivity index (χ1v) is 6.33. The van der Waals surface area contributed by atoms with Crippen molar-refractivity contribution in [3.8, 4) is 0 Å². The summed E-state index contributed by atoms with van der Waals surface area (Å²) in [4.78, 5) is 4.30. The molecule has 0 fully saturated rings. The molecule has 1 aromatic carbocycles. The number of halogens is 1. The van der Waals surface area contributed by atoms with Crippen LogP contribution in [0.1, 0.15) is 5.56 Å². The number of hydrogen-bond acceptors (Lipinski definition) is 5. The van der Waals surface area contributed by atoms with Gasteiger partial charge in [-0.1, -0.05) is 29.8 Å². The van der Waals surface area contributed by atoms with Crippen LogP contribution in [0.2, 0.25) is 5.15 Å². The molecular weight excluding hydrogens is 274 g/mol. The fourth-order valence-electron chi connectivity index (χ4n) is 1.77. The molecule has 2 aromatic heterocycles. The number of rotatable bonds is 3. The van der Waals surface area contributed by atoms with Gasteiger partial charge in [-0.25, -0.2) is 0 Å². The molecule has 20 heavy (non-hydrogen) atoms. The number of aromatic nitrogens is 3. The number of nitrogens with zero attached hydrogens (tertiary/aromatic N) is 4. The lowest BCUT2D eigenvalue weighted by molar-refractivity contribution is 1.02. The van der Waals surface area contributed by atoms with Crippen molar-refractivity contribution in [2.75, 3.05) is 5.43 Å². The number of hydrazone groups is 1. The number of pyridine rings is 1. The number of anilines is 1. The van der Waals surface area contributed by atoms with E-state index in [9.17, 15) is 0 Å². The van der Waals surface area contributed by atoms with Gasteiger partial charge >= 0.3 is 0 Å². The Morgan fingerprint density at radius 1 is 1.05 bits per heavy atom. The molecule has 0 amide bonds. The summed E-state index contributed by atoms with van der Waals surface area (Å²) in [7, 11) is 0. The van der Waals surface area contributed by atoms with Crippen molar-refractivity contribution in [3.05, 3.63) is 59.4 Å². The normalized spacial score (nSPS) is 11.1. The molecule has 98 valence electrons. The van der Waals surface area contributed by atoms with Crippen molar-refractivity contribution >= 4 is 34.5 Å². The number of benzene rings is 1. The monoisotopic (exact) mass is 283 g/mol. The van der Waals surface area contributed by atoms with Gasteiger partial charge < -0.3 is 0 Å². The van der Waals surface area contributed by atoms with Crippen molar-refractivity contribution in [3.63, 3.8) is 0 Å². The zero-order chi connectivity index (χ0) is 13.8. The van der Waals surface area contributed by atoms with E-state index >= 15 is 0 Å². The van der Waals surface area contributed by atoms with Gasteiger partial charge in [0.1, 0.15) is 0 Å². The minimum absolute atomic E-state index is 0.347. The van der Waals surface area contributed by atoms with Crippen LogP contribution in [0.15, 0.2) is 53.8 Å². The molecule has 3 aromatic rings. The molecule has 0 saturated carbocycles. The average Bonchev–Trinajstić information content (AvgIpc) is 2.49. The zero-order valence-corrected chi connectivity index (χ0v) is 11.1. The predicted octanol–water partition coefficient (Wildman–Crippen LogP) is 3.12. The summed E-state index contributed by atoms with van der Waals surface area (Å²) in [6, 6.07) is 13.2. The second kappa shape index (κ2) is 5.63. The minimum Gasteiger partial charge on any atom is -0.260 e. The van der Waals surface area contributed by atoms with E-state index in [0.29, 0.717) is 11.0 Å². The summed E-state index contributed by atoms with van der Waals surface area (Å²) < 4.78 is 0. The van der Waals surface area contributed by atoms with Gasteiger partial charge in [0, 0.05) is 17.1 Å². The van der Waals surface area contributed by atoms with Gasteiger partial charge in [0.05, 0.1) is 11.7 Å². The highest BCUT2D eigenvalue weighted by molar-refractivity contribution is 6.29. The highest BCUT2D eigenvalue weighted by Crippen LogP contribution is 2.14.